The SMILES string of the molecule is CCCCCCCCCOC(=O)CC(O)C(F)(F)F. The Hall–Kier alpha value is -0.780. The quantitative estimate of drug-likeness (QED) is 0.492. The number of carbonyl (C=O) groups excluding carboxylic acids is 1. The van der Waals surface area contributed by atoms with Crippen molar-refractivity contribution in [2.24, 2.45) is 0 Å². The molecule has 0 spiro atoms. The van der Waals surface area contributed by atoms with E-state index in [-0.39, 0.29) is 6.61 Å². The number of esters is 1. The molecule has 0 aromatic heterocycles. The lowest BCUT2D eigenvalue weighted by molar-refractivity contribution is -0.209. The van der Waals surface area contributed by atoms with E-state index in [9.17, 15) is 18.0 Å². The molecule has 1 atom stereocenters. The van der Waals surface area contributed by atoms with Crippen molar-refractivity contribution >= 4 is 5.97 Å². The molecule has 0 bridgehead atoms. The number of hydrogen-bond donors (Lipinski definition) is 1. The molecule has 0 aliphatic rings. The van der Waals surface area contributed by atoms with Crippen LogP contribution in [0.25, 0.3) is 0 Å². The van der Waals surface area contributed by atoms with Crippen LogP contribution in [0.15, 0.2) is 0 Å². The van der Waals surface area contributed by atoms with Crippen LogP contribution < -0.4 is 0 Å². The van der Waals surface area contributed by atoms with Gasteiger partial charge in [-0.3, -0.25) is 4.79 Å². The summed E-state index contributed by atoms with van der Waals surface area (Å²) in [5, 5.41) is 8.65. The molecule has 0 aliphatic heterocycles. The average Bonchev–Trinajstić information content (AvgIpc) is 2.31. The number of unbranched alkanes of at least 4 members (excludes halogenated alkanes) is 6. The second-order valence-corrected chi connectivity index (χ2v) is 4.60. The van der Waals surface area contributed by atoms with Crippen molar-refractivity contribution in [3.05, 3.63) is 0 Å². The average molecular weight is 284 g/mol. The van der Waals surface area contributed by atoms with Crippen LogP contribution in [0.3, 0.4) is 0 Å². The van der Waals surface area contributed by atoms with Crippen LogP contribution in [0.4, 0.5) is 13.2 Å². The summed E-state index contributed by atoms with van der Waals surface area (Å²) >= 11 is 0. The first-order valence-electron chi connectivity index (χ1n) is 6.78. The normalized spacial score (nSPS) is 13.3. The van der Waals surface area contributed by atoms with Crippen molar-refractivity contribution in [3.8, 4) is 0 Å². The molecule has 0 fully saturated rings. The molecule has 114 valence electrons. The molecule has 0 saturated heterocycles. The summed E-state index contributed by atoms with van der Waals surface area (Å²) in [6.45, 7) is 2.26. The summed E-state index contributed by atoms with van der Waals surface area (Å²) in [6.07, 6.45) is -1.11. The summed E-state index contributed by atoms with van der Waals surface area (Å²) in [5.41, 5.74) is 0. The summed E-state index contributed by atoms with van der Waals surface area (Å²) in [5.74, 6) is -1.00. The van der Waals surface area contributed by atoms with E-state index in [0.29, 0.717) is 6.42 Å². The van der Waals surface area contributed by atoms with Crippen LogP contribution in [-0.4, -0.2) is 30.0 Å². The molecule has 6 heteroatoms. The van der Waals surface area contributed by atoms with Gasteiger partial charge in [0.2, 0.25) is 0 Å². The Morgan fingerprint density at radius 2 is 1.63 bits per heavy atom. The lowest BCUT2D eigenvalue weighted by Gasteiger charge is -2.13. The Morgan fingerprint density at radius 1 is 1.11 bits per heavy atom. The van der Waals surface area contributed by atoms with Crippen molar-refractivity contribution in [2.45, 2.75) is 70.6 Å². The van der Waals surface area contributed by atoms with Crippen LogP contribution in [0.1, 0.15) is 58.3 Å². The zero-order chi connectivity index (χ0) is 14.7. The van der Waals surface area contributed by atoms with Crippen molar-refractivity contribution in [2.75, 3.05) is 6.61 Å². The molecule has 0 rings (SSSR count). The van der Waals surface area contributed by atoms with Gasteiger partial charge in [0, 0.05) is 0 Å². The van der Waals surface area contributed by atoms with E-state index in [1.807, 2.05) is 0 Å². The monoisotopic (exact) mass is 284 g/mol. The Labute approximate surface area is 112 Å². The zero-order valence-electron chi connectivity index (χ0n) is 11.3. The molecule has 0 radical (unpaired) electrons. The Morgan fingerprint density at radius 3 is 2.16 bits per heavy atom. The minimum Gasteiger partial charge on any atom is -0.466 e. The van der Waals surface area contributed by atoms with E-state index in [4.69, 9.17) is 5.11 Å². The second-order valence-electron chi connectivity index (χ2n) is 4.60. The molecule has 0 heterocycles. The highest BCUT2D eigenvalue weighted by atomic mass is 19.4. The van der Waals surface area contributed by atoms with E-state index in [0.717, 1.165) is 19.3 Å². The number of aliphatic hydroxyl groups excluding tert-OH is 1. The van der Waals surface area contributed by atoms with Gasteiger partial charge in [-0.2, -0.15) is 13.2 Å². The van der Waals surface area contributed by atoms with E-state index in [1.165, 1.54) is 19.3 Å². The molecule has 0 aromatic carbocycles. The molecule has 0 saturated carbocycles. The third-order valence-electron chi connectivity index (χ3n) is 2.75. The third-order valence-corrected chi connectivity index (χ3v) is 2.75. The predicted octanol–water partition coefficient (Wildman–Crippen LogP) is 3.59. The van der Waals surface area contributed by atoms with Crippen LogP contribution in [-0.2, 0) is 9.53 Å². The van der Waals surface area contributed by atoms with Crippen LogP contribution in [0.5, 0.6) is 0 Å². The van der Waals surface area contributed by atoms with Gasteiger partial charge in [0.25, 0.3) is 0 Å². The lowest BCUT2D eigenvalue weighted by Crippen LogP contribution is -2.31. The first-order chi connectivity index (χ1) is 8.88. The summed E-state index contributed by atoms with van der Waals surface area (Å²) < 4.78 is 40.5. The Balaban J connectivity index is 3.44. The van der Waals surface area contributed by atoms with Crippen molar-refractivity contribution in [1.29, 1.82) is 0 Å². The van der Waals surface area contributed by atoms with Crippen LogP contribution >= 0.6 is 0 Å². The number of carbonyl (C=O) groups is 1. The van der Waals surface area contributed by atoms with E-state index >= 15 is 0 Å². The maximum absolute atomic E-state index is 11.9. The Bertz CT molecular complexity index is 242. The fourth-order valence-corrected chi connectivity index (χ4v) is 1.58. The highest BCUT2D eigenvalue weighted by molar-refractivity contribution is 5.70. The van der Waals surface area contributed by atoms with E-state index in [1.54, 1.807) is 0 Å². The van der Waals surface area contributed by atoms with Gasteiger partial charge in [-0.1, -0.05) is 45.4 Å². The van der Waals surface area contributed by atoms with E-state index < -0.39 is 24.7 Å². The van der Waals surface area contributed by atoms with Crippen molar-refractivity contribution < 1.29 is 27.8 Å². The second kappa shape index (κ2) is 10.1. The number of halogens is 3. The largest absolute Gasteiger partial charge is 0.466 e. The summed E-state index contributed by atoms with van der Waals surface area (Å²) in [6, 6.07) is 0. The minimum atomic E-state index is -4.77. The summed E-state index contributed by atoms with van der Waals surface area (Å²) in [7, 11) is 0. The fourth-order valence-electron chi connectivity index (χ4n) is 1.58. The number of hydrogen-bond acceptors (Lipinski definition) is 3. The van der Waals surface area contributed by atoms with Gasteiger partial charge in [0.05, 0.1) is 13.0 Å². The highest BCUT2D eigenvalue weighted by Gasteiger charge is 2.39. The lowest BCUT2D eigenvalue weighted by atomic mass is 10.1. The number of ether oxygens (including phenoxy) is 1. The molecular weight excluding hydrogens is 261 g/mol. The standard InChI is InChI=1S/C13H23F3O3/c1-2-3-4-5-6-7-8-9-19-12(18)10-11(17)13(14,15)16/h11,17H,2-10H2,1H3. The molecule has 3 nitrogen and oxygen atoms in total. The fraction of sp³-hybridized carbons (Fsp3) is 0.923. The van der Waals surface area contributed by atoms with Crippen LogP contribution in [0.2, 0.25) is 0 Å². The molecule has 1 unspecified atom stereocenters. The third kappa shape index (κ3) is 10.8. The number of aliphatic hydroxyl groups is 1. The first-order valence-corrected chi connectivity index (χ1v) is 6.78. The summed E-state index contributed by atoms with van der Waals surface area (Å²) in [4.78, 5) is 11.0. The minimum absolute atomic E-state index is 0.122. The highest BCUT2D eigenvalue weighted by Crippen LogP contribution is 2.22. The topological polar surface area (TPSA) is 46.5 Å². The molecule has 0 aliphatic carbocycles. The molecule has 0 amide bonds. The maximum Gasteiger partial charge on any atom is 0.414 e. The number of alkyl halides is 3. The van der Waals surface area contributed by atoms with Gasteiger partial charge in [0.1, 0.15) is 0 Å². The zero-order valence-corrected chi connectivity index (χ0v) is 11.3. The Kier molecular flexibility index (Phi) is 9.65. The van der Waals surface area contributed by atoms with Gasteiger partial charge in [-0.25, -0.2) is 0 Å². The van der Waals surface area contributed by atoms with Crippen LogP contribution in [0, 0.1) is 0 Å². The maximum atomic E-state index is 11.9. The first kappa shape index (κ1) is 18.2. The number of rotatable bonds is 10. The molecule has 19 heavy (non-hydrogen) atoms. The van der Waals surface area contributed by atoms with Gasteiger partial charge in [-0.05, 0) is 6.42 Å². The molecular formula is C13H23F3O3. The van der Waals surface area contributed by atoms with Crippen molar-refractivity contribution in [1.82, 2.24) is 0 Å². The van der Waals surface area contributed by atoms with Gasteiger partial charge in [0.15, 0.2) is 6.10 Å². The van der Waals surface area contributed by atoms with E-state index in [2.05, 4.69) is 11.7 Å². The van der Waals surface area contributed by atoms with Crippen molar-refractivity contribution in [3.63, 3.8) is 0 Å². The van der Waals surface area contributed by atoms with Gasteiger partial charge < -0.3 is 9.84 Å². The molecule has 0 aromatic rings. The predicted molar refractivity (Wildman–Crippen MR) is 65.6 cm³/mol. The smallest absolute Gasteiger partial charge is 0.414 e. The van der Waals surface area contributed by atoms with Gasteiger partial charge in [-0.15, -0.1) is 0 Å². The van der Waals surface area contributed by atoms with Gasteiger partial charge >= 0.3 is 12.1 Å². The molecule has 1 N–H and O–H groups in total.